The lowest BCUT2D eigenvalue weighted by atomic mass is 10.4. The Morgan fingerprint density at radius 3 is 2.38 bits per heavy atom. The summed E-state index contributed by atoms with van der Waals surface area (Å²) in [5.74, 6) is 0. The molecule has 0 rings (SSSR count). The van der Waals surface area contributed by atoms with Crippen molar-refractivity contribution in [3.05, 3.63) is 0 Å². The number of aliphatic hydroxyl groups excluding tert-OH is 1. The van der Waals surface area contributed by atoms with E-state index in [1.165, 1.54) is 0 Å². The van der Waals surface area contributed by atoms with Crippen LogP contribution in [0.1, 0.15) is 20.3 Å². The van der Waals surface area contributed by atoms with Crippen LogP contribution in [0, 0.1) is 0 Å². The van der Waals surface area contributed by atoms with E-state index in [-0.39, 0.29) is 6.17 Å². The molecule has 0 aliphatic rings. The van der Waals surface area contributed by atoms with E-state index in [1.54, 1.807) is 6.92 Å². The highest BCUT2D eigenvalue weighted by Gasteiger charge is 1.98. The molecule has 0 aromatic heterocycles. The monoisotopic (exact) mass is 118 g/mol. The number of hydrogen-bond acceptors (Lipinski definition) is 3. The third-order valence-corrected chi connectivity index (χ3v) is 0.895. The van der Waals surface area contributed by atoms with Crippen LogP contribution < -0.4 is 11.1 Å². The van der Waals surface area contributed by atoms with Crippen molar-refractivity contribution in [2.45, 2.75) is 32.7 Å². The molecule has 50 valence electrons. The van der Waals surface area contributed by atoms with Gasteiger partial charge in [0.1, 0.15) is 6.23 Å². The van der Waals surface area contributed by atoms with Gasteiger partial charge in [0.2, 0.25) is 0 Å². The lowest BCUT2D eigenvalue weighted by Crippen LogP contribution is -2.42. The lowest BCUT2D eigenvalue weighted by Gasteiger charge is -2.12. The van der Waals surface area contributed by atoms with Gasteiger partial charge in [-0.05, 0) is 13.3 Å². The second kappa shape index (κ2) is 3.83. The zero-order valence-electron chi connectivity index (χ0n) is 5.39. The predicted octanol–water partition coefficient (Wildman–Crippen LogP) is -0.391. The molecule has 0 amide bonds. The van der Waals surface area contributed by atoms with Crippen LogP contribution in [0.2, 0.25) is 0 Å². The maximum absolute atomic E-state index is 8.66. The van der Waals surface area contributed by atoms with Gasteiger partial charge < -0.3 is 10.8 Å². The SMILES string of the molecule is CCC(N)NC(C)O. The molecule has 2 atom stereocenters. The molecule has 8 heavy (non-hydrogen) atoms. The highest BCUT2D eigenvalue weighted by Crippen LogP contribution is 1.80. The molecule has 0 aliphatic heterocycles. The van der Waals surface area contributed by atoms with Gasteiger partial charge in [-0.1, -0.05) is 6.92 Å². The average molecular weight is 118 g/mol. The molecule has 0 radical (unpaired) electrons. The Hall–Kier alpha value is -0.120. The Kier molecular flexibility index (Phi) is 3.77. The minimum atomic E-state index is -0.495. The number of nitrogens with two attached hydrogens (primary N) is 1. The van der Waals surface area contributed by atoms with Gasteiger partial charge in [-0.2, -0.15) is 0 Å². The molecule has 3 nitrogen and oxygen atoms in total. The smallest absolute Gasteiger partial charge is 0.103 e. The van der Waals surface area contributed by atoms with Crippen molar-refractivity contribution in [1.82, 2.24) is 5.32 Å². The molecule has 0 saturated heterocycles. The third kappa shape index (κ3) is 4.05. The minimum absolute atomic E-state index is 0.0741. The summed E-state index contributed by atoms with van der Waals surface area (Å²) in [5.41, 5.74) is 5.40. The van der Waals surface area contributed by atoms with Crippen molar-refractivity contribution in [1.29, 1.82) is 0 Å². The molecule has 0 saturated carbocycles. The fraction of sp³-hybridized carbons (Fsp3) is 1.00. The predicted molar refractivity (Wildman–Crippen MR) is 33.1 cm³/mol. The van der Waals surface area contributed by atoms with Gasteiger partial charge in [-0.15, -0.1) is 0 Å². The zero-order chi connectivity index (χ0) is 6.57. The first-order valence-corrected chi connectivity index (χ1v) is 2.86. The Labute approximate surface area is 49.9 Å². The molecule has 0 aromatic carbocycles. The zero-order valence-corrected chi connectivity index (χ0v) is 5.39. The second-order valence-corrected chi connectivity index (χ2v) is 1.86. The number of nitrogens with one attached hydrogen (secondary N) is 1. The maximum Gasteiger partial charge on any atom is 0.103 e. The van der Waals surface area contributed by atoms with Crippen molar-refractivity contribution in [2.75, 3.05) is 0 Å². The first-order valence-electron chi connectivity index (χ1n) is 2.86. The summed E-state index contributed by atoms with van der Waals surface area (Å²) in [6.45, 7) is 3.61. The van der Waals surface area contributed by atoms with E-state index in [0.717, 1.165) is 6.42 Å². The van der Waals surface area contributed by atoms with Crippen molar-refractivity contribution < 1.29 is 5.11 Å². The van der Waals surface area contributed by atoms with E-state index in [9.17, 15) is 0 Å². The molecule has 0 aromatic rings. The Balaban J connectivity index is 3.10. The summed E-state index contributed by atoms with van der Waals surface area (Å²) < 4.78 is 0. The summed E-state index contributed by atoms with van der Waals surface area (Å²) in [6, 6.07) is 0. The van der Waals surface area contributed by atoms with E-state index in [0.29, 0.717) is 0 Å². The van der Waals surface area contributed by atoms with Crippen LogP contribution >= 0.6 is 0 Å². The fourth-order valence-corrected chi connectivity index (χ4v) is 0.428. The van der Waals surface area contributed by atoms with Crippen LogP contribution in [-0.4, -0.2) is 17.5 Å². The topological polar surface area (TPSA) is 58.3 Å². The number of rotatable bonds is 3. The number of hydrogen-bond donors (Lipinski definition) is 3. The number of aliphatic hydroxyl groups is 1. The fourth-order valence-electron chi connectivity index (χ4n) is 0.428. The summed E-state index contributed by atoms with van der Waals surface area (Å²) >= 11 is 0. The van der Waals surface area contributed by atoms with Crippen LogP contribution in [-0.2, 0) is 0 Å². The summed E-state index contributed by atoms with van der Waals surface area (Å²) in [4.78, 5) is 0. The summed E-state index contributed by atoms with van der Waals surface area (Å²) in [5, 5.41) is 11.4. The van der Waals surface area contributed by atoms with Crippen molar-refractivity contribution in [3.63, 3.8) is 0 Å². The summed E-state index contributed by atoms with van der Waals surface area (Å²) in [7, 11) is 0. The Morgan fingerprint density at radius 2 is 2.25 bits per heavy atom. The molecular formula is C5H14N2O. The second-order valence-electron chi connectivity index (χ2n) is 1.86. The molecule has 4 N–H and O–H groups in total. The van der Waals surface area contributed by atoms with Gasteiger partial charge >= 0.3 is 0 Å². The van der Waals surface area contributed by atoms with E-state index in [4.69, 9.17) is 10.8 Å². The highest BCUT2D eigenvalue weighted by molar-refractivity contribution is 4.54. The van der Waals surface area contributed by atoms with Gasteiger partial charge in [-0.3, -0.25) is 5.32 Å². The van der Waals surface area contributed by atoms with E-state index in [1.807, 2.05) is 6.92 Å². The quantitative estimate of drug-likeness (QED) is 0.442. The standard InChI is InChI=1S/C5H14N2O/c1-3-5(6)7-4(2)8/h4-5,7-8H,3,6H2,1-2H3. The Morgan fingerprint density at radius 1 is 1.75 bits per heavy atom. The largest absolute Gasteiger partial charge is 0.379 e. The molecule has 0 bridgehead atoms. The van der Waals surface area contributed by atoms with Crippen LogP contribution in [0.4, 0.5) is 0 Å². The Bertz CT molecular complexity index is 56.4. The van der Waals surface area contributed by atoms with Crippen molar-refractivity contribution in [3.8, 4) is 0 Å². The molecule has 0 heterocycles. The lowest BCUT2D eigenvalue weighted by molar-refractivity contribution is 0.140. The molecule has 2 unspecified atom stereocenters. The van der Waals surface area contributed by atoms with Gasteiger partial charge in [-0.25, -0.2) is 0 Å². The molecule has 0 spiro atoms. The normalized spacial score (nSPS) is 18.0. The molecule has 0 aliphatic carbocycles. The minimum Gasteiger partial charge on any atom is -0.379 e. The molecule has 0 fully saturated rings. The first-order chi connectivity index (χ1) is 3.66. The van der Waals surface area contributed by atoms with Gasteiger partial charge in [0, 0.05) is 0 Å². The first kappa shape index (κ1) is 7.88. The average Bonchev–Trinajstić information content (AvgIpc) is 1.65. The van der Waals surface area contributed by atoms with Crippen molar-refractivity contribution in [2.24, 2.45) is 5.73 Å². The van der Waals surface area contributed by atoms with Crippen LogP contribution in [0.25, 0.3) is 0 Å². The van der Waals surface area contributed by atoms with E-state index < -0.39 is 6.23 Å². The highest BCUT2D eigenvalue weighted by atomic mass is 16.3. The molecular weight excluding hydrogens is 104 g/mol. The van der Waals surface area contributed by atoms with E-state index >= 15 is 0 Å². The maximum atomic E-state index is 8.66. The van der Waals surface area contributed by atoms with Gasteiger partial charge in [0.25, 0.3) is 0 Å². The van der Waals surface area contributed by atoms with E-state index in [2.05, 4.69) is 5.32 Å². The van der Waals surface area contributed by atoms with Crippen LogP contribution in [0.5, 0.6) is 0 Å². The third-order valence-electron chi connectivity index (χ3n) is 0.895. The van der Waals surface area contributed by atoms with Crippen molar-refractivity contribution >= 4 is 0 Å². The van der Waals surface area contributed by atoms with Gasteiger partial charge in [0.15, 0.2) is 0 Å². The van der Waals surface area contributed by atoms with Crippen LogP contribution in [0.3, 0.4) is 0 Å². The van der Waals surface area contributed by atoms with Gasteiger partial charge in [0.05, 0.1) is 6.17 Å². The molecule has 3 heteroatoms. The summed E-state index contributed by atoms with van der Waals surface area (Å²) in [6.07, 6.45) is 0.269. The van der Waals surface area contributed by atoms with Crippen LogP contribution in [0.15, 0.2) is 0 Å².